The van der Waals surface area contributed by atoms with Crippen molar-refractivity contribution in [1.82, 2.24) is 5.32 Å². The molecule has 1 saturated heterocycles. The first-order valence-electron chi connectivity index (χ1n) is 5.07. The fraction of sp³-hybridized carbons (Fsp3) is 0.900. The average Bonchev–Trinajstić information content (AvgIpc) is 2.51. The fourth-order valence-electron chi connectivity index (χ4n) is 1.58. The van der Waals surface area contributed by atoms with Crippen LogP contribution in [-0.2, 0) is 4.79 Å². The molecule has 1 rings (SSSR count). The summed E-state index contributed by atoms with van der Waals surface area (Å²) in [5.41, 5.74) is 0. The minimum Gasteiger partial charge on any atom is -0.355 e. The van der Waals surface area contributed by atoms with E-state index in [0.29, 0.717) is 11.2 Å². The van der Waals surface area contributed by atoms with Gasteiger partial charge in [0.25, 0.3) is 0 Å². The lowest BCUT2D eigenvalue weighted by molar-refractivity contribution is -0.121. The van der Waals surface area contributed by atoms with Crippen LogP contribution in [0.1, 0.15) is 39.5 Å². The van der Waals surface area contributed by atoms with Crippen LogP contribution >= 0.6 is 11.8 Å². The van der Waals surface area contributed by atoms with Gasteiger partial charge >= 0.3 is 0 Å². The third-order valence-corrected chi connectivity index (χ3v) is 3.98. The molecule has 0 aromatic heterocycles. The van der Waals surface area contributed by atoms with Gasteiger partial charge in [-0.3, -0.25) is 4.79 Å². The smallest absolute Gasteiger partial charge is 0.220 e. The average molecular weight is 201 g/mol. The number of carbonyl (C=O) groups excluding carboxylic acids is 1. The lowest BCUT2D eigenvalue weighted by atomic mass is 10.1. The van der Waals surface area contributed by atoms with E-state index in [2.05, 4.69) is 12.2 Å². The van der Waals surface area contributed by atoms with E-state index in [1.165, 1.54) is 18.6 Å². The van der Waals surface area contributed by atoms with Crippen LogP contribution in [0.4, 0.5) is 0 Å². The highest BCUT2D eigenvalue weighted by molar-refractivity contribution is 8.00. The number of hydrogen-bond acceptors (Lipinski definition) is 2. The van der Waals surface area contributed by atoms with Gasteiger partial charge in [-0.25, -0.2) is 0 Å². The van der Waals surface area contributed by atoms with Crippen molar-refractivity contribution in [3.8, 4) is 0 Å². The summed E-state index contributed by atoms with van der Waals surface area (Å²) in [6.45, 7) is 5.12. The van der Waals surface area contributed by atoms with E-state index in [9.17, 15) is 4.79 Å². The standard InChI is InChI=1S/C10H19NOS/c1-3-5-9(12)11-8-10(2)6-4-7-13-10/h3-8H2,1-2H3,(H,11,12). The molecule has 0 aromatic carbocycles. The molecule has 13 heavy (non-hydrogen) atoms. The van der Waals surface area contributed by atoms with Gasteiger partial charge in [-0.15, -0.1) is 0 Å². The van der Waals surface area contributed by atoms with E-state index in [4.69, 9.17) is 0 Å². The number of amides is 1. The maximum absolute atomic E-state index is 11.2. The van der Waals surface area contributed by atoms with E-state index < -0.39 is 0 Å². The first-order valence-corrected chi connectivity index (χ1v) is 6.05. The van der Waals surface area contributed by atoms with Crippen molar-refractivity contribution in [2.75, 3.05) is 12.3 Å². The molecule has 1 N–H and O–H groups in total. The highest BCUT2D eigenvalue weighted by Crippen LogP contribution is 2.36. The summed E-state index contributed by atoms with van der Waals surface area (Å²) in [6.07, 6.45) is 4.14. The Morgan fingerprint density at radius 2 is 2.38 bits per heavy atom. The Balaban J connectivity index is 2.21. The first-order chi connectivity index (χ1) is 6.16. The van der Waals surface area contributed by atoms with Crippen molar-refractivity contribution in [3.05, 3.63) is 0 Å². The lowest BCUT2D eigenvalue weighted by Crippen LogP contribution is -2.36. The van der Waals surface area contributed by atoms with Crippen molar-refractivity contribution in [3.63, 3.8) is 0 Å². The molecule has 1 atom stereocenters. The van der Waals surface area contributed by atoms with Gasteiger partial charge in [-0.1, -0.05) is 6.92 Å². The monoisotopic (exact) mass is 201 g/mol. The zero-order valence-electron chi connectivity index (χ0n) is 8.56. The molecule has 0 spiro atoms. The Labute approximate surface area is 84.9 Å². The van der Waals surface area contributed by atoms with Crippen LogP contribution < -0.4 is 5.32 Å². The second kappa shape index (κ2) is 4.89. The molecule has 2 nitrogen and oxygen atoms in total. The van der Waals surface area contributed by atoms with Crippen molar-refractivity contribution in [2.24, 2.45) is 0 Å². The molecule has 76 valence electrons. The molecule has 1 aliphatic rings. The fourth-order valence-corrected chi connectivity index (χ4v) is 2.82. The molecule has 1 amide bonds. The van der Waals surface area contributed by atoms with Gasteiger partial charge in [0, 0.05) is 17.7 Å². The topological polar surface area (TPSA) is 29.1 Å². The maximum atomic E-state index is 11.2. The number of hydrogen-bond donors (Lipinski definition) is 1. The minimum atomic E-state index is 0.205. The molecule has 0 saturated carbocycles. The Hall–Kier alpha value is -0.180. The van der Waals surface area contributed by atoms with Gasteiger partial charge in [-0.05, 0) is 31.9 Å². The highest BCUT2D eigenvalue weighted by atomic mass is 32.2. The Bertz CT molecular complexity index is 176. The zero-order chi connectivity index (χ0) is 9.73. The molecule has 1 fully saturated rings. The van der Waals surface area contributed by atoms with Crippen LogP contribution in [0.25, 0.3) is 0 Å². The van der Waals surface area contributed by atoms with Gasteiger partial charge in [-0.2, -0.15) is 11.8 Å². The largest absolute Gasteiger partial charge is 0.355 e. The maximum Gasteiger partial charge on any atom is 0.220 e. The summed E-state index contributed by atoms with van der Waals surface area (Å²) in [5, 5.41) is 3.01. The molecule has 0 bridgehead atoms. The number of carbonyl (C=O) groups is 1. The van der Waals surface area contributed by atoms with Gasteiger partial charge in [0.15, 0.2) is 0 Å². The number of thioether (sulfide) groups is 1. The highest BCUT2D eigenvalue weighted by Gasteiger charge is 2.29. The molecule has 1 heterocycles. The number of rotatable bonds is 4. The van der Waals surface area contributed by atoms with Crippen LogP contribution in [0.2, 0.25) is 0 Å². The van der Waals surface area contributed by atoms with E-state index >= 15 is 0 Å². The van der Waals surface area contributed by atoms with Crippen LogP contribution in [0.3, 0.4) is 0 Å². The Morgan fingerprint density at radius 3 is 2.92 bits per heavy atom. The zero-order valence-corrected chi connectivity index (χ0v) is 9.38. The second-order valence-corrected chi connectivity index (χ2v) is 5.61. The van der Waals surface area contributed by atoms with Crippen LogP contribution in [-0.4, -0.2) is 23.0 Å². The quantitative estimate of drug-likeness (QED) is 0.755. The summed E-state index contributed by atoms with van der Waals surface area (Å²) in [6, 6.07) is 0. The summed E-state index contributed by atoms with van der Waals surface area (Å²) >= 11 is 1.99. The van der Waals surface area contributed by atoms with E-state index in [1.54, 1.807) is 0 Å². The van der Waals surface area contributed by atoms with Gasteiger partial charge < -0.3 is 5.32 Å². The van der Waals surface area contributed by atoms with E-state index in [0.717, 1.165) is 13.0 Å². The summed E-state index contributed by atoms with van der Waals surface area (Å²) < 4.78 is 0.309. The Morgan fingerprint density at radius 1 is 1.62 bits per heavy atom. The first kappa shape index (κ1) is 10.9. The second-order valence-electron chi connectivity index (χ2n) is 3.93. The molecule has 0 radical (unpaired) electrons. The van der Waals surface area contributed by atoms with Crippen molar-refractivity contribution < 1.29 is 4.79 Å². The van der Waals surface area contributed by atoms with Crippen LogP contribution in [0, 0.1) is 0 Å². The SMILES string of the molecule is CCCC(=O)NCC1(C)CCCS1. The summed E-state index contributed by atoms with van der Waals surface area (Å²) in [7, 11) is 0. The van der Waals surface area contributed by atoms with E-state index in [1.807, 2.05) is 18.7 Å². The molecular formula is C10H19NOS. The van der Waals surface area contributed by atoms with E-state index in [-0.39, 0.29) is 5.91 Å². The van der Waals surface area contributed by atoms with Crippen molar-refractivity contribution in [1.29, 1.82) is 0 Å². The summed E-state index contributed by atoms with van der Waals surface area (Å²) in [5.74, 6) is 1.45. The van der Waals surface area contributed by atoms with Crippen LogP contribution in [0.15, 0.2) is 0 Å². The Kier molecular flexibility index (Phi) is 4.10. The van der Waals surface area contributed by atoms with Gasteiger partial charge in [0.2, 0.25) is 5.91 Å². The van der Waals surface area contributed by atoms with Crippen LogP contribution in [0.5, 0.6) is 0 Å². The lowest BCUT2D eigenvalue weighted by Gasteiger charge is -2.22. The molecule has 0 aromatic rings. The minimum absolute atomic E-state index is 0.205. The van der Waals surface area contributed by atoms with Crippen molar-refractivity contribution in [2.45, 2.75) is 44.3 Å². The normalized spacial score (nSPS) is 27.5. The molecule has 1 aliphatic heterocycles. The molecule has 3 heteroatoms. The van der Waals surface area contributed by atoms with Gasteiger partial charge in [0.1, 0.15) is 0 Å². The van der Waals surface area contributed by atoms with Gasteiger partial charge in [0.05, 0.1) is 0 Å². The third kappa shape index (κ3) is 3.59. The van der Waals surface area contributed by atoms with Crippen molar-refractivity contribution >= 4 is 17.7 Å². The third-order valence-electron chi connectivity index (χ3n) is 2.44. The number of nitrogens with one attached hydrogen (secondary N) is 1. The molecular weight excluding hydrogens is 182 g/mol. The predicted molar refractivity (Wildman–Crippen MR) is 58.0 cm³/mol. The molecule has 1 unspecified atom stereocenters. The predicted octanol–water partition coefficient (Wildman–Crippen LogP) is 2.19. The summed E-state index contributed by atoms with van der Waals surface area (Å²) in [4.78, 5) is 11.2. The molecule has 0 aliphatic carbocycles.